The van der Waals surface area contributed by atoms with E-state index in [1.54, 1.807) is 0 Å². The van der Waals surface area contributed by atoms with Gasteiger partial charge in [-0.1, -0.05) is 0 Å². The highest BCUT2D eigenvalue weighted by atomic mass is 16.6. The average Bonchev–Trinajstić information content (AvgIpc) is 2.30. The van der Waals surface area contributed by atoms with Gasteiger partial charge in [0, 0.05) is 6.54 Å². The molecule has 1 saturated heterocycles. The van der Waals surface area contributed by atoms with Crippen LogP contribution in [0.1, 0.15) is 18.5 Å². The van der Waals surface area contributed by atoms with Crippen molar-refractivity contribution < 1.29 is 9.72 Å². The number of nitrogens with zero attached hydrogens (tertiary/aromatic N) is 3. The van der Waals surface area contributed by atoms with E-state index in [-0.39, 0.29) is 29.1 Å². The summed E-state index contributed by atoms with van der Waals surface area (Å²) in [6, 6.07) is -0.541. The molecule has 0 aromatic carbocycles. The normalized spacial score (nSPS) is 18.8. The third kappa shape index (κ3) is 2.69. The topological polar surface area (TPSA) is 136 Å². The number of carbonyl (C=O) groups is 1. The minimum Gasteiger partial charge on any atom is -0.368 e. The number of nitrogens with one attached hydrogen (secondary N) is 2. The van der Waals surface area contributed by atoms with Crippen LogP contribution in [0.2, 0.25) is 0 Å². The molecule has 2 rings (SSSR count). The molecule has 0 radical (unpaired) electrons. The van der Waals surface area contributed by atoms with Crippen LogP contribution in [-0.4, -0.2) is 33.4 Å². The fourth-order valence-corrected chi connectivity index (χ4v) is 1.98. The predicted octanol–water partition coefficient (Wildman–Crippen LogP) is -0.0341. The molecule has 9 heteroatoms. The fraction of sp³-hybridized carbons (Fsp3) is 0.500. The summed E-state index contributed by atoms with van der Waals surface area (Å²) in [5.41, 5.74) is 5.39. The van der Waals surface area contributed by atoms with E-state index in [1.165, 1.54) is 6.92 Å². The summed E-state index contributed by atoms with van der Waals surface area (Å²) >= 11 is 0. The molecule has 1 fully saturated rings. The van der Waals surface area contributed by atoms with Crippen molar-refractivity contribution in [3.8, 4) is 0 Å². The Morgan fingerprint density at radius 3 is 2.89 bits per heavy atom. The lowest BCUT2D eigenvalue weighted by Gasteiger charge is -2.23. The molecule has 9 nitrogen and oxygen atoms in total. The Morgan fingerprint density at radius 1 is 1.53 bits per heavy atom. The summed E-state index contributed by atoms with van der Waals surface area (Å²) in [4.78, 5) is 29.6. The number of piperidine rings is 1. The van der Waals surface area contributed by atoms with Gasteiger partial charge in [-0.3, -0.25) is 14.9 Å². The first kappa shape index (κ1) is 13.0. The Hall–Kier alpha value is -2.45. The molecule has 1 aromatic heterocycles. The zero-order chi connectivity index (χ0) is 14.0. The summed E-state index contributed by atoms with van der Waals surface area (Å²) in [5.74, 6) is -0.283. The van der Waals surface area contributed by atoms with Crippen LogP contribution in [-0.2, 0) is 4.79 Å². The number of nitro groups is 1. The van der Waals surface area contributed by atoms with E-state index in [2.05, 4.69) is 20.6 Å². The molecule has 1 aromatic rings. The van der Waals surface area contributed by atoms with Gasteiger partial charge in [-0.25, -0.2) is 4.98 Å². The molecule has 1 atom stereocenters. The third-order valence-corrected chi connectivity index (χ3v) is 2.85. The lowest BCUT2D eigenvalue weighted by Crippen LogP contribution is -2.44. The van der Waals surface area contributed by atoms with Crippen molar-refractivity contribution >= 4 is 23.4 Å². The van der Waals surface area contributed by atoms with E-state index < -0.39 is 11.0 Å². The first-order valence-corrected chi connectivity index (χ1v) is 5.82. The second-order valence-corrected chi connectivity index (χ2v) is 4.25. The number of nitrogens with two attached hydrogens (primary N) is 1. The van der Waals surface area contributed by atoms with Gasteiger partial charge in [0.15, 0.2) is 0 Å². The molecule has 4 N–H and O–H groups in total. The molecule has 1 aliphatic rings. The second kappa shape index (κ2) is 5.04. The summed E-state index contributed by atoms with van der Waals surface area (Å²) in [7, 11) is 0. The third-order valence-electron chi connectivity index (χ3n) is 2.85. The summed E-state index contributed by atoms with van der Waals surface area (Å²) in [5, 5.41) is 16.5. The van der Waals surface area contributed by atoms with Crippen LogP contribution in [0.3, 0.4) is 0 Å². The molecule has 102 valence electrons. The van der Waals surface area contributed by atoms with Crippen molar-refractivity contribution in [2.45, 2.75) is 25.8 Å². The van der Waals surface area contributed by atoms with E-state index in [4.69, 9.17) is 5.73 Å². The number of aryl methyl sites for hydroxylation is 1. The van der Waals surface area contributed by atoms with Crippen molar-refractivity contribution in [2.24, 2.45) is 0 Å². The molecular weight excluding hydrogens is 252 g/mol. The highest BCUT2D eigenvalue weighted by Crippen LogP contribution is 2.27. The van der Waals surface area contributed by atoms with Gasteiger partial charge in [0.2, 0.25) is 17.7 Å². The van der Waals surface area contributed by atoms with Crippen molar-refractivity contribution in [3.05, 3.63) is 15.8 Å². The van der Waals surface area contributed by atoms with E-state index >= 15 is 0 Å². The van der Waals surface area contributed by atoms with Crippen LogP contribution in [0.4, 0.5) is 17.5 Å². The van der Waals surface area contributed by atoms with Crippen LogP contribution in [0.15, 0.2) is 0 Å². The highest BCUT2D eigenvalue weighted by Gasteiger charge is 2.28. The second-order valence-electron chi connectivity index (χ2n) is 4.25. The Balaban J connectivity index is 2.33. The number of amides is 1. The van der Waals surface area contributed by atoms with Gasteiger partial charge in [-0.2, -0.15) is 4.98 Å². The Morgan fingerprint density at radius 2 is 2.26 bits per heavy atom. The van der Waals surface area contributed by atoms with Crippen molar-refractivity contribution in [3.63, 3.8) is 0 Å². The van der Waals surface area contributed by atoms with Crippen LogP contribution in [0.5, 0.6) is 0 Å². The van der Waals surface area contributed by atoms with Gasteiger partial charge >= 0.3 is 5.69 Å². The number of aromatic nitrogens is 2. The summed E-state index contributed by atoms with van der Waals surface area (Å²) in [6.07, 6.45) is 1.39. The highest BCUT2D eigenvalue weighted by molar-refractivity contribution is 5.85. The molecule has 1 unspecified atom stereocenters. The zero-order valence-corrected chi connectivity index (χ0v) is 10.3. The molecule has 0 aliphatic carbocycles. The zero-order valence-electron chi connectivity index (χ0n) is 10.3. The number of hydrogen-bond acceptors (Lipinski definition) is 7. The monoisotopic (exact) mass is 266 g/mol. The summed E-state index contributed by atoms with van der Waals surface area (Å²) in [6.45, 7) is 2.09. The van der Waals surface area contributed by atoms with Crippen molar-refractivity contribution in [1.82, 2.24) is 15.3 Å². The van der Waals surface area contributed by atoms with Crippen molar-refractivity contribution in [2.75, 3.05) is 17.6 Å². The molecule has 1 amide bonds. The molecule has 0 spiro atoms. The number of hydrogen-bond donors (Lipinski definition) is 3. The summed E-state index contributed by atoms with van der Waals surface area (Å²) < 4.78 is 0. The Labute approximate surface area is 108 Å². The SMILES string of the molecule is Cc1nc(N)nc(NC2CCCNC2=O)c1[N+](=O)[O-]. The van der Waals surface area contributed by atoms with Gasteiger partial charge < -0.3 is 16.4 Å². The number of carbonyl (C=O) groups excluding carboxylic acids is 1. The number of rotatable bonds is 3. The van der Waals surface area contributed by atoms with Gasteiger partial charge in [0.25, 0.3) is 0 Å². The smallest absolute Gasteiger partial charge is 0.332 e. The van der Waals surface area contributed by atoms with E-state index in [9.17, 15) is 14.9 Å². The minimum atomic E-state index is -0.585. The standard InChI is InChI=1S/C10H14N6O3/c1-5-7(16(18)19)8(15-10(11)13-5)14-6-3-2-4-12-9(6)17/h6H,2-4H2,1H3,(H,12,17)(H3,11,13,14,15). The van der Waals surface area contributed by atoms with Crippen LogP contribution in [0, 0.1) is 17.0 Å². The number of anilines is 2. The average molecular weight is 266 g/mol. The molecular formula is C10H14N6O3. The first-order chi connectivity index (χ1) is 8.99. The van der Waals surface area contributed by atoms with Crippen LogP contribution in [0.25, 0.3) is 0 Å². The van der Waals surface area contributed by atoms with Gasteiger partial charge in [0.05, 0.1) is 4.92 Å². The van der Waals surface area contributed by atoms with Gasteiger partial charge in [-0.05, 0) is 19.8 Å². The Kier molecular flexibility index (Phi) is 3.45. The largest absolute Gasteiger partial charge is 0.368 e. The lowest BCUT2D eigenvalue weighted by molar-refractivity contribution is -0.385. The van der Waals surface area contributed by atoms with Gasteiger partial charge in [0.1, 0.15) is 11.7 Å². The lowest BCUT2D eigenvalue weighted by atomic mass is 10.1. The maximum Gasteiger partial charge on any atom is 0.332 e. The predicted molar refractivity (Wildman–Crippen MR) is 67.5 cm³/mol. The molecule has 2 heterocycles. The molecule has 1 aliphatic heterocycles. The minimum absolute atomic E-state index is 0.0166. The molecule has 0 saturated carbocycles. The van der Waals surface area contributed by atoms with Crippen LogP contribution >= 0.6 is 0 Å². The fourth-order valence-electron chi connectivity index (χ4n) is 1.98. The maximum atomic E-state index is 11.6. The molecule has 19 heavy (non-hydrogen) atoms. The maximum absolute atomic E-state index is 11.6. The molecule has 0 bridgehead atoms. The van der Waals surface area contributed by atoms with Crippen LogP contribution < -0.4 is 16.4 Å². The van der Waals surface area contributed by atoms with Crippen molar-refractivity contribution in [1.29, 1.82) is 0 Å². The number of nitrogen functional groups attached to an aromatic ring is 1. The van der Waals surface area contributed by atoms with E-state index in [0.29, 0.717) is 13.0 Å². The van der Waals surface area contributed by atoms with Gasteiger partial charge in [-0.15, -0.1) is 0 Å². The van der Waals surface area contributed by atoms with E-state index in [0.717, 1.165) is 6.42 Å². The van der Waals surface area contributed by atoms with E-state index in [1.807, 2.05) is 0 Å². The quantitative estimate of drug-likeness (QED) is 0.516. The Bertz CT molecular complexity index is 532. The first-order valence-electron chi connectivity index (χ1n) is 5.82.